The van der Waals surface area contributed by atoms with E-state index < -0.39 is 0 Å². The van der Waals surface area contributed by atoms with Crippen molar-refractivity contribution in [3.8, 4) is 5.75 Å². The summed E-state index contributed by atoms with van der Waals surface area (Å²) >= 11 is 0. The largest absolute Gasteiger partial charge is 0.508 e. The number of nitrogens with zero attached hydrogens (tertiary/aromatic N) is 2. The molecule has 1 aromatic carbocycles. The van der Waals surface area contributed by atoms with Crippen LogP contribution in [-0.4, -0.2) is 21.1 Å². The summed E-state index contributed by atoms with van der Waals surface area (Å²) in [5.74, 6) is 2.32. The Labute approximate surface area is 123 Å². The first-order valence-corrected chi connectivity index (χ1v) is 7.48. The van der Waals surface area contributed by atoms with Gasteiger partial charge in [-0.05, 0) is 37.8 Å². The van der Waals surface area contributed by atoms with Crippen LogP contribution in [-0.2, 0) is 0 Å². The number of hydrogen-bond acceptors (Lipinski definition) is 5. The number of aromatic nitrogens is 2. The van der Waals surface area contributed by atoms with Gasteiger partial charge in [-0.15, -0.1) is 0 Å². The van der Waals surface area contributed by atoms with Crippen LogP contribution >= 0.6 is 0 Å². The molecule has 0 unspecified atom stereocenters. The van der Waals surface area contributed by atoms with E-state index in [-0.39, 0.29) is 5.75 Å². The molecule has 4 rings (SSSR count). The number of phenols is 1. The van der Waals surface area contributed by atoms with E-state index in [9.17, 15) is 5.11 Å². The van der Waals surface area contributed by atoms with Crippen LogP contribution in [0.15, 0.2) is 30.3 Å². The van der Waals surface area contributed by atoms with Gasteiger partial charge in [-0.1, -0.05) is 6.07 Å². The Morgan fingerprint density at radius 1 is 1.05 bits per heavy atom. The van der Waals surface area contributed by atoms with Crippen LogP contribution in [0.25, 0.3) is 0 Å². The van der Waals surface area contributed by atoms with Gasteiger partial charge in [-0.25, -0.2) is 4.98 Å². The van der Waals surface area contributed by atoms with Gasteiger partial charge in [-0.2, -0.15) is 4.98 Å². The van der Waals surface area contributed by atoms with Crippen LogP contribution in [0.1, 0.15) is 37.3 Å². The summed E-state index contributed by atoms with van der Waals surface area (Å²) < 4.78 is 0. The van der Waals surface area contributed by atoms with Crippen LogP contribution in [0.2, 0.25) is 0 Å². The molecule has 0 atom stereocenters. The second-order valence-corrected chi connectivity index (χ2v) is 5.87. The normalized spacial score (nSPS) is 17.5. The van der Waals surface area contributed by atoms with Crippen molar-refractivity contribution in [2.24, 2.45) is 0 Å². The SMILES string of the molecule is Oc1cccc(Nc2cc(C3CC3)nc(NC3CC3)n2)c1. The van der Waals surface area contributed by atoms with Gasteiger partial charge < -0.3 is 15.7 Å². The zero-order chi connectivity index (χ0) is 14.2. The van der Waals surface area contributed by atoms with Crippen molar-refractivity contribution in [2.75, 3.05) is 10.6 Å². The van der Waals surface area contributed by atoms with Crippen molar-refractivity contribution in [3.63, 3.8) is 0 Å². The molecule has 2 aliphatic carbocycles. The lowest BCUT2D eigenvalue weighted by Gasteiger charge is -2.11. The Morgan fingerprint density at radius 3 is 2.62 bits per heavy atom. The average molecular weight is 282 g/mol. The predicted molar refractivity (Wildman–Crippen MR) is 82.0 cm³/mol. The molecular weight excluding hydrogens is 264 g/mol. The molecule has 1 aromatic heterocycles. The minimum Gasteiger partial charge on any atom is -0.508 e. The van der Waals surface area contributed by atoms with Crippen LogP contribution in [0.3, 0.4) is 0 Å². The van der Waals surface area contributed by atoms with E-state index in [1.165, 1.54) is 25.7 Å². The highest BCUT2D eigenvalue weighted by atomic mass is 16.3. The quantitative estimate of drug-likeness (QED) is 0.784. The number of anilines is 3. The second kappa shape index (κ2) is 4.91. The number of rotatable bonds is 5. The number of hydrogen-bond donors (Lipinski definition) is 3. The first-order valence-electron chi connectivity index (χ1n) is 7.48. The number of nitrogens with one attached hydrogen (secondary N) is 2. The van der Waals surface area contributed by atoms with Crippen LogP contribution in [0.4, 0.5) is 17.5 Å². The van der Waals surface area contributed by atoms with E-state index in [0.717, 1.165) is 17.2 Å². The van der Waals surface area contributed by atoms with Crippen LogP contribution < -0.4 is 10.6 Å². The van der Waals surface area contributed by atoms with Gasteiger partial charge in [0.15, 0.2) is 0 Å². The predicted octanol–water partition coefficient (Wildman–Crippen LogP) is 3.38. The Hall–Kier alpha value is -2.30. The van der Waals surface area contributed by atoms with Gasteiger partial charge in [0, 0.05) is 29.8 Å². The smallest absolute Gasteiger partial charge is 0.225 e. The Bertz CT molecular complexity index is 665. The molecule has 2 aliphatic rings. The number of aromatic hydroxyl groups is 1. The van der Waals surface area contributed by atoms with Crippen molar-refractivity contribution < 1.29 is 5.11 Å². The average Bonchev–Trinajstić information content (AvgIpc) is 3.33. The molecule has 0 bridgehead atoms. The lowest BCUT2D eigenvalue weighted by molar-refractivity contribution is 0.475. The maximum absolute atomic E-state index is 9.54. The molecule has 0 aliphatic heterocycles. The Morgan fingerprint density at radius 2 is 1.90 bits per heavy atom. The molecule has 0 spiro atoms. The molecule has 2 fully saturated rings. The topological polar surface area (TPSA) is 70.1 Å². The van der Waals surface area contributed by atoms with Gasteiger partial charge in [0.2, 0.25) is 5.95 Å². The monoisotopic (exact) mass is 282 g/mol. The van der Waals surface area contributed by atoms with E-state index in [2.05, 4.69) is 20.6 Å². The number of phenolic OH excluding ortho intramolecular Hbond substituents is 1. The minimum absolute atomic E-state index is 0.243. The van der Waals surface area contributed by atoms with Crippen molar-refractivity contribution in [3.05, 3.63) is 36.0 Å². The third-order valence-electron chi connectivity index (χ3n) is 3.77. The Balaban J connectivity index is 1.61. The first-order chi connectivity index (χ1) is 10.3. The van der Waals surface area contributed by atoms with E-state index >= 15 is 0 Å². The molecule has 3 N–H and O–H groups in total. The molecule has 5 heteroatoms. The molecule has 1 heterocycles. The third-order valence-corrected chi connectivity index (χ3v) is 3.77. The lowest BCUT2D eigenvalue weighted by Crippen LogP contribution is -2.08. The summed E-state index contributed by atoms with van der Waals surface area (Å²) in [6, 6.07) is 9.61. The summed E-state index contributed by atoms with van der Waals surface area (Å²) in [4.78, 5) is 9.16. The molecular formula is C16H18N4O. The fourth-order valence-corrected chi connectivity index (χ4v) is 2.32. The van der Waals surface area contributed by atoms with E-state index in [4.69, 9.17) is 0 Å². The van der Waals surface area contributed by atoms with Gasteiger partial charge >= 0.3 is 0 Å². The van der Waals surface area contributed by atoms with E-state index in [0.29, 0.717) is 17.9 Å². The molecule has 21 heavy (non-hydrogen) atoms. The van der Waals surface area contributed by atoms with Gasteiger partial charge in [-0.3, -0.25) is 0 Å². The van der Waals surface area contributed by atoms with Crippen molar-refractivity contribution in [2.45, 2.75) is 37.6 Å². The summed E-state index contributed by atoms with van der Waals surface area (Å²) in [6.07, 6.45) is 4.83. The van der Waals surface area contributed by atoms with Crippen LogP contribution in [0, 0.1) is 0 Å². The van der Waals surface area contributed by atoms with Crippen molar-refractivity contribution in [1.82, 2.24) is 9.97 Å². The second-order valence-electron chi connectivity index (χ2n) is 5.87. The summed E-state index contributed by atoms with van der Waals surface area (Å²) in [6.45, 7) is 0. The van der Waals surface area contributed by atoms with Crippen LogP contribution in [0.5, 0.6) is 5.75 Å². The van der Waals surface area contributed by atoms with Crippen molar-refractivity contribution >= 4 is 17.5 Å². The summed E-state index contributed by atoms with van der Waals surface area (Å²) in [5, 5.41) is 16.2. The highest BCUT2D eigenvalue weighted by Crippen LogP contribution is 2.40. The van der Waals surface area contributed by atoms with Crippen molar-refractivity contribution in [1.29, 1.82) is 0 Å². The highest BCUT2D eigenvalue weighted by molar-refractivity contribution is 5.59. The standard InChI is InChI=1S/C16H18N4O/c21-13-3-1-2-12(8-13)17-15-9-14(10-4-5-10)19-16(20-15)18-11-6-7-11/h1-3,8-11,21H,4-7H2,(H2,17,18,19,20). The fraction of sp³-hybridized carbons (Fsp3) is 0.375. The molecule has 0 amide bonds. The minimum atomic E-state index is 0.243. The van der Waals surface area contributed by atoms with Gasteiger partial charge in [0.25, 0.3) is 0 Å². The molecule has 0 saturated heterocycles. The zero-order valence-electron chi connectivity index (χ0n) is 11.7. The fourth-order valence-electron chi connectivity index (χ4n) is 2.32. The maximum Gasteiger partial charge on any atom is 0.225 e. The molecule has 0 radical (unpaired) electrons. The third kappa shape index (κ3) is 3.07. The maximum atomic E-state index is 9.54. The molecule has 2 saturated carbocycles. The van der Waals surface area contributed by atoms with E-state index in [1.54, 1.807) is 12.1 Å². The Kier molecular flexibility index (Phi) is 2.91. The lowest BCUT2D eigenvalue weighted by atomic mass is 10.2. The number of benzene rings is 1. The zero-order valence-corrected chi connectivity index (χ0v) is 11.7. The molecule has 5 nitrogen and oxygen atoms in total. The first kappa shape index (κ1) is 12.4. The van der Waals surface area contributed by atoms with Gasteiger partial charge in [0.1, 0.15) is 11.6 Å². The van der Waals surface area contributed by atoms with E-state index in [1.807, 2.05) is 18.2 Å². The highest BCUT2D eigenvalue weighted by Gasteiger charge is 2.27. The molecule has 2 aromatic rings. The summed E-state index contributed by atoms with van der Waals surface area (Å²) in [5.41, 5.74) is 1.93. The summed E-state index contributed by atoms with van der Waals surface area (Å²) in [7, 11) is 0. The molecule has 108 valence electrons. The van der Waals surface area contributed by atoms with Gasteiger partial charge in [0.05, 0.1) is 5.69 Å².